The molecule has 1 atom stereocenters. The SMILES string of the molecule is Cc1nn(C)c(C)c1NC(=O)[C@H](C)Sc1nnc(CCC(N)=O)n1CC(C)C. The van der Waals surface area contributed by atoms with Crippen molar-refractivity contribution in [2.75, 3.05) is 5.32 Å². The Bertz CT molecular complexity index is 856. The monoisotopic (exact) mass is 407 g/mol. The van der Waals surface area contributed by atoms with Crippen LogP contribution in [0.25, 0.3) is 0 Å². The molecule has 28 heavy (non-hydrogen) atoms. The molecule has 2 aromatic rings. The van der Waals surface area contributed by atoms with E-state index in [4.69, 9.17) is 5.73 Å². The van der Waals surface area contributed by atoms with E-state index in [9.17, 15) is 9.59 Å². The van der Waals surface area contributed by atoms with Gasteiger partial charge in [-0.1, -0.05) is 25.6 Å². The van der Waals surface area contributed by atoms with Crippen LogP contribution in [0.5, 0.6) is 0 Å². The maximum absolute atomic E-state index is 12.7. The van der Waals surface area contributed by atoms with E-state index in [1.807, 2.05) is 32.4 Å². The van der Waals surface area contributed by atoms with Crippen molar-refractivity contribution in [2.45, 2.75) is 64.4 Å². The van der Waals surface area contributed by atoms with Gasteiger partial charge in [-0.25, -0.2) is 0 Å². The zero-order valence-corrected chi connectivity index (χ0v) is 18.1. The van der Waals surface area contributed by atoms with Crippen LogP contribution in [-0.2, 0) is 29.6 Å². The lowest BCUT2D eigenvalue weighted by atomic mass is 10.2. The first-order chi connectivity index (χ1) is 13.1. The van der Waals surface area contributed by atoms with Crippen LogP contribution < -0.4 is 11.1 Å². The fourth-order valence-corrected chi connectivity index (χ4v) is 3.64. The van der Waals surface area contributed by atoms with Gasteiger partial charge in [0, 0.05) is 26.4 Å². The Kier molecular flexibility index (Phi) is 7.22. The smallest absolute Gasteiger partial charge is 0.237 e. The lowest BCUT2D eigenvalue weighted by molar-refractivity contribution is -0.118. The summed E-state index contributed by atoms with van der Waals surface area (Å²) in [4.78, 5) is 23.8. The van der Waals surface area contributed by atoms with Crippen LogP contribution >= 0.6 is 11.8 Å². The number of hydrogen-bond donors (Lipinski definition) is 2. The Hall–Kier alpha value is -2.36. The van der Waals surface area contributed by atoms with Crippen LogP contribution in [-0.4, -0.2) is 41.6 Å². The van der Waals surface area contributed by atoms with Gasteiger partial charge in [-0.3, -0.25) is 14.3 Å². The summed E-state index contributed by atoms with van der Waals surface area (Å²) in [5.74, 6) is 0.583. The summed E-state index contributed by atoms with van der Waals surface area (Å²) in [5, 5.41) is 16.0. The van der Waals surface area contributed by atoms with Gasteiger partial charge in [0.25, 0.3) is 0 Å². The molecule has 9 nitrogen and oxygen atoms in total. The predicted octanol–water partition coefficient (Wildman–Crippen LogP) is 1.82. The van der Waals surface area contributed by atoms with E-state index in [0.717, 1.165) is 17.1 Å². The van der Waals surface area contributed by atoms with Crippen LogP contribution in [0.15, 0.2) is 5.16 Å². The van der Waals surface area contributed by atoms with E-state index >= 15 is 0 Å². The molecule has 154 valence electrons. The molecule has 0 fully saturated rings. The number of carbonyl (C=O) groups excluding carboxylic acids is 2. The molecule has 0 aliphatic rings. The number of carbonyl (C=O) groups is 2. The predicted molar refractivity (Wildman–Crippen MR) is 109 cm³/mol. The summed E-state index contributed by atoms with van der Waals surface area (Å²) in [6.07, 6.45) is 0.654. The summed E-state index contributed by atoms with van der Waals surface area (Å²) >= 11 is 1.35. The number of anilines is 1. The highest BCUT2D eigenvalue weighted by molar-refractivity contribution is 8.00. The molecule has 0 saturated carbocycles. The molecule has 2 rings (SSSR count). The van der Waals surface area contributed by atoms with Gasteiger partial charge in [-0.05, 0) is 26.7 Å². The highest BCUT2D eigenvalue weighted by Crippen LogP contribution is 2.26. The van der Waals surface area contributed by atoms with Crippen molar-refractivity contribution in [3.8, 4) is 0 Å². The summed E-state index contributed by atoms with van der Waals surface area (Å²) in [7, 11) is 1.85. The average molecular weight is 408 g/mol. The van der Waals surface area contributed by atoms with Gasteiger partial charge in [0.1, 0.15) is 5.82 Å². The molecule has 2 heterocycles. The number of amides is 2. The molecule has 0 unspecified atom stereocenters. The second-order valence-electron chi connectivity index (χ2n) is 7.29. The first kappa shape index (κ1) is 21.9. The van der Waals surface area contributed by atoms with Crippen LogP contribution in [0.3, 0.4) is 0 Å². The van der Waals surface area contributed by atoms with E-state index in [1.54, 1.807) is 4.68 Å². The number of nitrogens with two attached hydrogens (primary N) is 1. The number of primary amides is 1. The summed E-state index contributed by atoms with van der Waals surface area (Å²) in [5.41, 5.74) is 7.68. The van der Waals surface area contributed by atoms with Crippen LogP contribution in [0.1, 0.15) is 44.4 Å². The first-order valence-corrected chi connectivity index (χ1v) is 10.2. The molecule has 0 bridgehead atoms. The van der Waals surface area contributed by atoms with E-state index in [-0.39, 0.29) is 23.5 Å². The minimum atomic E-state index is -0.377. The van der Waals surface area contributed by atoms with Gasteiger partial charge in [0.2, 0.25) is 11.8 Å². The van der Waals surface area contributed by atoms with E-state index in [0.29, 0.717) is 29.9 Å². The molecule has 2 aromatic heterocycles. The third-order valence-electron chi connectivity index (χ3n) is 4.34. The molecule has 10 heteroatoms. The average Bonchev–Trinajstić information content (AvgIpc) is 3.07. The Morgan fingerprint density at radius 3 is 2.43 bits per heavy atom. The zero-order valence-electron chi connectivity index (χ0n) is 17.3. The number of nitrogens with one attached hydrogen (secondary N) is 1. The third kappa shape index (κ3) is 5.34. The third-order valence-corrected chi connectivity index (χ3v) is 5.43. The van der Waals surface area contributed by atoms with Crippen LogP contribution in [0, 0.1) is 19.8 Å². The molecule has 0 aromatic carbocycles. The Labute approximate surface area is 169 Å². The number of hydrogen-bond acceptors (Lipinski definition) is 6. The molecule has 0 aliphatic heterocycles. The minimum Gasteiger partial charge on any atom is -0.370 e. The summed E-state index contributed by atoms with van der Waals surface area (Å²) in [6.45, 7) is 10.5. The number of aryl methyl sites for hydroxylation is 3. The van der Waals surface area contributed by atoms with Crippen molar-refractivity contribution in [3.05, 3.63) is 17.2 Å². The molecular formula is C18H29N7O2S. The van der Waals surface area contributed by atoms with Gasteiger partial charge >= 0.3 is 0 Å². The van der Waals surface area contributed by atoms with Crippen molar-refractivity contribution < 1.29 is 9.59 Å². The molecule has 2 amide bonds. The van der Waals surface area contributed by atoms with Gasteiger partial charge < -0.3 is 15.6 Å². The van der Waals surface area contributed by atoms with Crippen LogP contribution in [0.4, 0.5) is 5.69 Å². The lowest BCUT2D eigenvalue weighted by Gasteiger charge is -2.15. The fraction of sp³-hybridized carbons (Fsp3) is 0.611. The zero-order chi connectivity index (χ0) is 21.0. The molecular weight excluding hydrogens is 378 g/mol. The van der Waals surface area contributed by atoms with Gasteiger partial charge in [0.05, 0.1) is 22.3 Å². The number of thioether (sulfide) groups is 1. The van der Waals surface area contributed by atoms with Gasteiger partial charge in [-0.15, -0.1) is 10.2 Å². The Balaban J connectivity index is 2.14. The van der Waals surface area contributed by atoms with E-state index in [1.165, 1.54) is 11.8 Å². The van der Waals surface area contributed by atoms with Gasteiger partial charge in [0.15, 0.2) is 5.16 Å². The quantitative estimate of drug-likeness (QED) is 0.612. The highest BCUT2D eigenvalue weighted by atomic mass is 32.2. The van der Waals surface area contributed by atoms with Crippen molar-refractivity contribution in [2.24, 2.45) is 18.7 Å². The fourth-order valence-electron chi connectivity index (χ4n) is 2.77. The first-order valence-electron chi connectivity index (χ1n) is 9.28. The summed E-state index contributed by atoms with van der Waals surface area (Å²) < 4.78 is 3.72. The van der Waals surface area contributed by atoms with Crippen molar-refractivity contribution in [3.63, 3.8) is 0 Å². The number of nitrogens with zero attached hydrogens (tertiary/aromatic N) is 5. The lowest BCUT2D eigenvalue weighted by Crippen LogP contribution is -2.24. The van der Waals surface area contributed by atoms with Crippen molar-refractivity contribution in [1.29, 1.82) is 0 Å². The topological polar surface area (TPSA) is 121 Å². The van der Waals surface area contributed by atoms with Crippen molar-refractivity contribution >= 4 is 29.3 Å². The molecule has 0 aliphatic carbocycles. The Morgan fingerprint density at radius 1 is 1.21 bits per heavy atom. The van der Waals surface area contributed by atoms with E-state index < -0.39 is 0 Å². The molecule has 3 N–H and O–H groups in total. The van der Waals surface area contributed by atoms with E-state index in [2.05, 4.69) is 34.5 Å². The molecule has 0 saturated heterocycles. The van der Waals surface area contributed by atoms with Gasteiger partial charge in [-0.2, -0.15) is 5.10 Å². The Morgan fingerprint density at radius 2 is 1.89 bits per heavy atom. The second kappa shape index (κ2) is 9.22. The molecule has 0 spiro atoms. The van der Waals surface area contributed by atoms with Crippen molar-refractivity contribution in [1.82, 2.24) is 24.5 Å². The standard InChI is InChI=1S/C18H29N7O2S/c1-10(2)9-25-15(8-7-14(19)26)21-22-18(25)28-13(5)17(27)20-16-11(3)23-24(6)12(16)4/h10,13H,7-9H2,1-6H3,(H2,19,26)(H,20,27)/t13-/m0/s1. The second-order valence-corrected chi connectivity index (χ2v) is 8.60. The number of rotatable bonds is 9. The minimum absolute atomic E-state index is 0.123. The maximum atomic E-state index is 12.7. The van der Waals surface area contributed by atoms with Crippen LogP contribution in [0.2, 0.25) is 0 Å². The largest absolute Gasteiger partial charge is 0.370 e. The summed E-state index contributed by atoms with van der Waals surface area (Å²) in [6, 6.07) is 0. The maximum Gasteiger partial charge on any atom is 0.237 e. The highest BCUT2D eigenvalue weighted by Gasteiger charge is 2.22. The normalized spacial score (nSPS) is 12.4. The molecule has 0 radical (unpaired) electrons. The number of aromatic nitrogens is 5.